The molecule has 2 amide bonds. The Morgan fingerprint density at radius 3 is 2.23 bits per heavy atom. The molecule has 0 aromatic heterocycles. The first-order valence-corrected chi connectivity index (χ1v) is 7.96. The Morgan fingerprint density at radius 2 is 1.68 bits per heavy atom. The molecule has 0 unspecified atom stereocenters. The molecule has 0 radical (unpaired) electrons. The molecular formula is C18H28N2O2. The molecule has 22 heavy (non-hydrogen) atoms. The summed E-state index contributed by atoms with van der Waals surface area (Å²) in [4.78, 5) is 27.5. The molecule has 0 fully saturated rings. The van der Waals surface area contributed by atoms with Crippen molar-refractivity contribution in [1.29, 1.82) is 0 Å². The number of aryl methyl sites for hydroxylation is 3. The molecule has 0 N–H and O–H groups in total. The van der Waals surface area contributed by atoms with Crippen LogP contribution in [0.2, 0.25) is 0 Å². The van der Waals surface area contributed by atoms with Gasteiger partial charge in [-0.05, 0) is 45.2 Å². The highest BCUT2D eigenvalue weighted by Crippen LogP contribution is 2.13. The van der Waals surface area contributed by atoms with E-state index in [0.29, 0.717) is 19.5 Å². The number of hydrogen-bond donors (Lipinski definition) is 0. The average molecular weight is 304 g/mol. The maximum absolute atomic E-state index is 12.2. The lowest BCUT2D eigenvalue weighted by molar-refractivity contribution is -0.139. The fourth-order valence-electron chi connectivity index (χ4n) is 2.53. The van der Waals surface area contributed by atoms with Gasteiger partial charge in [-0.15, -0.1) is 0 Å². The van der Waals surface area contributed by atoms with E-state index in [1.165, 1.54) is 21.6 Å². The lowest BCUT2D eigenvalue weighted by Gasteiger charge is -2.23. The van der Waals surface area contributed by atoms with Gasteiger partial charge in [-0.2, -0.15) is 0 Å². The molecule has 0 atom stereocenters. The topological polar surface area (TPSA) is 40.6 Å². The highest BCUT2D eigenvalue weighted by Gasteiger charge is 2.16. The van der Waals surface area contributed by atoms with Crippen LogP contribution in [0.5, 0.6) is 0 Å². The lowest BCUT2D eigenvalue weighted by Crippen LogP contribution is -2.41. The van der Waals surface area contributed by atoms with Gasteiger partial charge in [0.1, 0.15) is 0 Å². The van der Waals surface area contributed by atoms with Crippen molar-refractivity contribution in [2.45, 2.75) is 40.5 Å². The quantitative estimate of drug-likeness (QED) is 0.777. The first kappa shape index (κ1) is 18.2. The fourth-order valence-corrected chi connectivity index (χ4v) is 2.53. The van der Waals surface area contributed by atoms with Crippen LogP contribution in [-0.2, 0) is 16.0 Å². The molecule has 4 heteroatoms. The van der Waals surface area contributed by atoms with Crippen molar-refractivity contribution in [2.24, 2.45) is 0 Å². The third-order valence-electron chi connectivity index (χ3n) is 4.02. The van der Waals surface area contributed by atoms with E-state index in [2.05, 4.69) is 32.0 Å². The maximum Gasteiger partial charge on any atom is 0.242 e. The summed E-state index contributed by atoms with van der Waals surface area (Å²) < 4.78 is 0. The molecule has 1 aromatic rings. The van der Waals surface area contributed by atoms with Crippen molar-refractivity contribution >= 4 is 11.8 Å². The molecule has 0 saturated heterocycles. The van der Waals surface area contributed by atoms with Crippen molar-refractivity contribution in [2.75, 3.05) is 26.7 Å². The third-order valence-corrected chi connectivity index (χ3v) is 4.02. The molecule has 0 heterocycles. The minimum absolute atomic E-state index is 0.00682. The number of rotatable bonds is 7. The number of amides is 2. The summed E-state index contributed by atoms with van der Waals surface area (Å²) in [6, 6.07) is 6.28. The molecule has 0 spiro atoms. The van der Waals surface area contributed by atoms with E-state index in [9.17, 15) is 9.59 Å². The van der Waals surface area contributed by atoms with Crippen LogP contribution in [-0.4, -0.2) is 48.3 Å². The van der Waals surface area contributed by atoms with Crippen LogP contribution >= 0.6 is 0 Å². The van der Waals surface area contributed by atoms with Gasteiger partial charge in [-0.25, -0.2) is 0 Å². The van der Waals surface area contributed by atoms with E-state index >= 15 is 0 Å². The van der Waals surface area contributed by atoms with Gasteiger partial charge in [-0.1, -0.05) is 23.8 Å². The monoisotopic (exact) mass is 304 g/mol. The van der Waals surface area contributed by atoms with Crippen LogP contribution in [0, 0.1) is 13.8 Å². The van der Waals surface area contributed by atoms with E-state index < -0.39 is 0 Å². The van der Waals surface area contributed by atoms with Crippen molar-refractivity contribution in [1.82, 2.24) is 9.80 Å². The fraction of sp³-hybridized carbons (Fsp3) is 0.556. The van der Waals surface area contributed by atoms with Gasteiger partial charge in [0.15, 0.2) is 0 Å². The maximum atomic E-state index is 12.2. The molecule has 0 saturated carbocycles. The van der Waals surface area contributed by atoms with Crippen LogP contribution in [0.4, 0.5) is 0 Å². The van der Waals surface area contributed by atoms with Crippen molar-refractivity contribution in [3.8, 4) is 0 Å². The normalized spacial score (nSPS) is 10.4. The molecule has 122 valence electrons. The van der Waals surface area contributed by atoms with Gasteiger partial charge in [0.2, 0.25) is 11.8 Å². The molecule has 1 aromatic carbocycles. The predicted molar refractivity (Wildman–Crippen MR) is 89.8 cm³/mol. The van der Waals surface area contributed by atoms with Gasteiger partial charge in [0, 0.05) is 26.6 Å². The summed E-state index contributed by atoms with van der Waals surface area (Å²) in [5, 5.41) is 0. The number of benzene rings is 1. The second-order valence-corrected chi connectivity index (χ2v) is 5.75. The molecule has 0 aliphatic carbocycles. The first-order valence-electron chi connectivity index (χ1n) is 7.96. The Labute approximate surface area is 134 Å². The van der Waals surface area contributed by atoms with Gasteiger partial charge >= 0.3 is 0 Å². The number of hydrogen-bond acceptors (Lipinski definition) is 2. The van der Waals surface area contributed by atoms with Gasteiger partial charge in [-0.3, -0.25) is 9.59 Å². The van der Waals surface area contributed by atoms with Crippen LogP contribution in [0.15, 0.2) is 18.2 Å². The highest BCUT2D eigenvalue weighted by molar-refractivity contribution is 5.84. The number of carbonyl (C=O) groups excluding carboxylic acids is 2. The van der Waals surface area contributed by atoms with Crippen LogP contribution in [0.3, 0.4) is 0 Å². The zero-order valence-corrected chi connectivity index (χ0v) is 14.5. The number of carbonyl (C=O) groups is 2. The largest absolute Gasteiger partial charge is 0.342 e. The zero-order valence-electron chi connectivity index (χ0n) is 14.5. The average Bonchev–Trinajstić information content (AvgIpc) is 2.47. The van der Waals surface area contributed by atoms with E-state index in [4.69, 9.17) is 0 Å². The zero-order chi connectivity index (χ0) is 16.7. The van der Waals surface area contributed by atoms with E-state index in [1.807, 2.05) is 13.8 Å². The standard InChI is InChI=1S/C18H28N2O2/c1-6-20(7-2)18(22)13-19(5)17(21)11-10-16-9-8-14(3)12-15(16)4/h8-9,12H,6-7,10-11,13H2,1-5H3. The lowest BCUT2D eigenvalue weighted by atomic mass is 10.0. The summed E-state index contributed by atoms with van der Waals surface area (Å²) >= 11 is 0. The summed E-state index contributed by atoms with van der Waals surface area (Å²) in [5.41, 5.74) is 3.65. The van der Waals surface area contributed by atoms with Gasteiger partial charge in [0.05, 0.1) is 6.54 Å². The number of nitrogens with zero attached hydrogens (tertiary/aromatic N) is 2. The van der Waals surface area contributed by atoms with E-state index in [1.54, 1.807) is 11.9 Å². The van der Waals surface area contributed by atoms with Crippen LogP contribution in [0.25, 0.3) is 0 Å². The summed E-state index contributed by atoms with van der Waals surface area (Å²) in [6.45, 7) is 9.55. The molecule has 0 aliphatic rings. The molecule has 1 rings (SSSR count). The number of likely N-dealkylation sites (N-methyl/N-ethyl adjacent to an activating group) is 2. The second kappa shape index (κ2) is 8.57. The van der Waals surface area contributed by atoms with Crippen molar-refractivity contribution < 1.29 is 9.59 Å². The Kier molecular flexibility index (Phi) is 7.09. The first-order chi connectivity index (χ1) is 10.4. The Balaban J connectivity index is 2.52. The van der Waals surface area contributed by atoms with Crippen LogP contribution in [0.1, 0.15) is 37.0 Å². The summed E-state index contributed by atoms with van der Waals surface area (Å²) in [6.07, 6.45) is 1.15. The summed E-state index contributed by atoms with van der Waals surface area (Å²) in [5.74, 6) is 0.0212. The Hall–Kier alpha value is -1.84. The SMILES string of the molecule is CCN(CC)C(=O)CN(C)C(=O)CCc1ccc(C)cc1C. The predicted octanol–water partition coefficient (Wildman–Crippen LogP) is 2.56. The molecule has 0 aliphatic heterocycles. The Bertz CT molecular complexity index is 522. The van der Waals surface area contributed by atoms with E-state index in [-0.39, 0.29) is 18.4 Å². The molecular weight excluding hydrogens is 276 g/mol. The van der Waals surface area contributed by atoms with Gasteiger partial charge < -0.3 is 9.80 Å². The minimum Gasteiger partial charge on any atom is -0.342 e. The Morgan fingerprint density at radius 1 is 1.05 bits per heavy atom. The highest BCUT2D eigenvalue weighted by atomic mass is 16.2. The van der Waals surface area contributed by atoms with Gasteiger partial charge in [0.25, 0.3) is 0 Å². The molecule has 4 nitrogen and oxygen atoms in total. The van der Waals surface area contributed by atoms with E-state index in [0.717, 1.165) is 6.42 Å². The molecule has 0 bridgehead atoms. The van der Waals surface area contributed by atoms with Crippen LogP contribution < -0.4 is 0 Å². The smallest absolute Gasteiger partial charge is 0.242 e. The van der Waals surface area contributed by atoms with Crippen molar-refractivity contribution in [3.05, 3.63) is 34.9 Å². The van der Waals surface area contributed by atoms with Crippen molar-refractivity contribution in [3.63, 3.8) is 0 Å². The summed E-state index contributed by atoms with van der Waals surface area (Å²) in [7, 11) is 1.70. The second-order valence-electron chi connectivity index (χ2n) is 5.75. The third kappa shape index (κ3) is 5.17. The minimum atomic E-state index is 0.00682.